The third-order valence-corrected chi connectivity index (χ3v) is 6.63. The van der Waals surface area contributed by atoms with Crippen LogP contribution < -0.4 is 0 Å². The van der Waals surface area contributed by atoms with Crippen LogP contribution in [0.15, 0.2) is 97.1 Å². The van der Waals surface area contributed by atoms with Crippen molar-refractivity contribution in [1.82, 2.24) is 0 Å². The molecule has 0 atom stereocenters. The first-order valence-electron chi connectivity index (χ1n) is 12.4. The van der Waals surface area contributed by atoms with Gasteiger partial charge in [0.2, 0.25) is 0 Å². The van der Waals surface area contributed by atoms with Gasteiger partial charge in [-0.25, -0.2) is 0 Å². The highest BCUT2D eigenvalue weighted by Crippen LogP contribution is 2.30. The van der Waals surface area contributed by atoms with E-state index in [0.717, 1.165) is 52.1 Å². The van der Waals surface area contributed by atoms with Gasteiger partial charge in [0, 0.05) is 13.2 Å². The van der Waals surface area contributed by atoms with Gasteiger partial charge >= 0.3 is 0 Å². The second kappa shape index (κ2) is 11.3. The molecule has 0 saturated carbocycles. The first kappa shape index (κ1) is 22.6. The molecule has 0 bridgehead atoms. The molecule has 0 N–H and O–H groups in total. The zero-order valence-corrected chi connectivity index (χ0v) is 19.7. The fourth-order valence-corrected chi connectivity index (χ4v) is 4.91. The minimum atomic E-state index is 0.727. The number of rotatable bonds is 0. The average molecular weight is 449 g/mol. The molecule has 4 aromatic rings. The van der Waals surface area contributed by atoms with Gasteiger partial charge in [0.15, 0.2) is 0 Å². The predicted octanol–water partition coefficient (Wildman–Crippen LogP) is 7.63. The average Bonchev–Trinajstić information content (AvgIpc) is 3.05. The highest BCUT2D eigenvalue weighted by atomic mass is 16.5. The van der Waals surface area contributed by atoms with Crippen molar-refractivity contribution in [2.75, 3.05) is 13.2 Å². The van der Waals surface area contributed by atoms with Crippen molar-refractivity contribution in [2.45, 2.75) is 38.9 Å². The zero-order valence-electron chi connectivity index (χ0n) is 19.7. The number of aryl methyl sites for hydroxylation is 2. The maximum Gasteiger partial charge on any atom is 0.0722 e. The summed E-state index contributed by atoms with van der Waals surface area (Å²) in [6, 6.07) is 34.5. The molecule has 172 valence electrons. The van der Waals surface area contributed by atoms with Gasteiger partial charge in [0.25, 0.3) is 0 Å². The molecule has 4 aromatic carbocycles. The zero-order chi connectivity index (χ0) is 23.0. The van der Waals surface area contributed by atoms with Crippen molar-refractivity contribution in [2.24, 2.45) is 0 Å². The second-order valence-corrected chi connectivity index (χ2v) is 8.94. The summed E-state index contributed by atoms with van der Waals surface area (Å²) >= 11 is 0. The Morgan fingerprint density at radius 3 is 1.12 bits per heavy atom. The van der Waals surface area contributed by atoms with Crippen LogP contribution in [0.3, 0.4) is 0 Å². The Balaban J connectivity index is 0.000000142. The number of hydrogen-bond donors (Lipinski definition) is 0. The number of benzene rings is 4. The van der Waals surface area contributed by atoms with Crippen LogP contribution in [0.4, 0.5) is 0 Å². The summed E-state index contributed by atoms with van der Waals surface area (Å²) < 4.78 is 11.4. The number of fused-ring (bicyclic) bond motifs is 6. The van der Waals surface area contributed by atoms with Gasteiger partial charge in [0.1, 0.15) is 0 Å². The molecule has 0 radical (unpaired) electrons. The van der Waals surface area contributed by atoms with Gasteiger partial charge in [0.05, 0.1) is 13.2 Å². The van der Waals surface area contributed by atoms with E-state index < -0.39 is 0 Å². The van der Waals surface area contributed by atoms with E-state index in [9.17, 15) is 0 Å². The predicted molar refractivity (Wildman–Crippen MR) is 140 cm³/mol. The summed E-state index contributed by atoms with van der Waals surface area (Å²) in [7, 11) is 0. The van der Waals surface area contributed by atoms with Crippen LogP contribution in [0, 0.1) is 0 Å². The Kier molecular flexibility index (Phi) is 7.50. The molecule has 0 aliphatic carbocycles. The van der Waals surface area contributed by atoms with Gasteiger partial charge in [-0.1, -0.05) is 97.1 Å². The van der Waals surface area contributed by atoms with Crippen LogP contribution in [0.5, 0.6) is 0 Å². The molecule has 2 heteroatoms. The highest BCUT2D eigenvalue weighted by molar-refractivity contribution is 5.71. The Morgan fingerprint density at radius 2 is 0.706 bits per heavy atom. The van der Waals surface area contributed by atoms with Crippen LogP contribution in [0.25, 0.3) is 22.3 Å². The van der Waals surface area contributed by atoms with E-state index >= 15 is 0 Å². The van der Waals surface area contributed by atoms with E-state index in [2.05, 4.69) is 97.1 Å². The van der Waals surface area contributed by atoms with E-state index in [-0.39, 0.29) is 0 Å². The van der Waals surface area contributed by atoms with Crippen LogP contribution >= 0.6 is 0 Å². The minimum absolute atomic E-state index is 0.727. The lowest BCUT2D eigenvalue weighted by atomic mass is 9.94. The van der Waals surface area contributed by atoms with Crippen molar-refractivity contribution in [1.29, 1.82) is 0 Å². The quantitative estimate of drug-likeness (QED) is 0.275. The smallest absolute Gasteiger partial charge is 0.0722 e. The molecule has 2 aliphatic heterocycles. The molecule has 2 nitrogen and oxygen atoms in total. The van der Waals surface area contributed by atoms with Crippen LogP contribution in [-0.4, -0.2) is 13.2 Å². The molecule has 6 rings (SSSR count). The summed E-state index contributed by atoms with van der Waals surface area (Å²) in [5, 5.41) is 0. The molecule has 0 amide bonds. The number of hydrogen-bond acceptors (Lipinski definition) is 2. The van der Waals surface area contributed by atoms with Crippen molar-refractivity contribution < 1.29 is 9.47 Å². The molecule has 2 aliphatic rings. The molecule has 34 heavy (non-hydrogen) atoms. The molecule has 0 saturated heterocycles. The lowest BCUT2D eigenvalue weighted by Crippen LogP contribution is -1.95. The Hall–Kier alpha value is -3.20. The topological polar surface area (TPSA) is 18.5 Å². The summed E-state index contributed by atoms with van der Waals surface area (Å²) in [5.74, 6) is 0. The maximum absolute atomic E-state index is 5.71. The lowest BCUT2D eigenvalue weighted by Gasteiger charge is -2.11. The summed E-state index contributed by atoms with van der Waals surface area (Å²) in [6.45, 7) is 3.15. The Labute approximate surface area is 203 Å². The molecule has 0 aromatic heterocycles. The van der Waals surface area contributed by atoms with Crippen molar-refractivity contribution >= 4 is 0 Å². The van der Waals surface area contributed by atoms with E-state index in [0.29, 0.717) is 0 Å². The summed E-state index contributed by atoms with van der Waals surface area (Å²) in [4.78, 5) is 0. The third kappa shape index (κ3) is 5.30. The summed E-state index contributed by atoms with van der Waals surface area (Å²) in [5.41, 5.74) is 10.8. The molecular weight excluding hydrogens is 416 g/mol. The van der Waals surface area contributed by atoms with Crippen LogP contribution in [-0.2, 0) is 35.5 Å². The highest BCUT2D eigenvalue weighted by Gasteiger charge is 2.12. The van der Waals surface area contributed by atoms with Crippen LogP contribution in [0.1, 0.15) is 35.1 Å². The fourth-order valence-electron chi connectivity index (χ4n) is 4.91. The Bertz CT molecular complexity index is 1030. The summed E-state index contributed by atoms with van der Waals surface area (Å²) in [6.07, 6.45) is 4.41. The first-order valence-corrected chi connectivity index (χ1v) is 12.4. The molecule has 2 heterocycles. The maximum atomic E-state index is 5.71. The van der Waals surface area contributed by atoms with Gasteiger partial charge in [-0.05, 0) is 70.2 Å². The molecule has 0 fully saturated rings. The van der Waals surface area contributed by atoms with Gasteiger partial charge in [-0.3, -0.25) is 0 Å². The van der Waals surface area contributed by atoms with Crippen molar-refractivity contribution in [3.05, 3.63) is 119 Å². The van der Waals surface area contributed by atoms with Crippen molar-refractivity contribution in [3.63, 3.8) is 0 Å². The SMILES string of the molecule is c1ccc2c(c1)CCCOCc1ccccc1-2.c1ccc2c(c1)CCCOCc1ccccc1-2. The van der Waals surface area contributed by atoms with Crippen LogP contribution in [0.2, 0.25) is 0 Å². The van der Waals surface area contributed by atoms with E-state index in [1.165, 1.54) is 44.5 Å². The number of ether oxygens (including phenoxy) is 2. The van der Waals surface area contributed by atoms with Gasteiger partial charge < -0.3 is 9.47 Å². The monoisotopic (exact) mass is 448 g/mol. The standard InChI is InChI=1S/2C16H16O/c2*1-3-9-15-13(6-1)8-5-11-17-12-14-7-2-4-10-16(14)15/h2*1-4,6-7,9-10H,5,8,11-12H2. The minimum Gasteiger partial charge on any atom is -0.377 e. The molecule has 0 unspecified atom stereocenters. The van der Waals surface area contributed by atoms with Gasteiger partial charge in [-0.2, -0.15) is 0 Å². The Morgan fingerprint density at radius 1 is 0.382 bits per heavy atom. The van der Waals surface area contributed by atoms with Gasteiger partial charge in [-0.15, -0.1) is 0 Å². The molecule has 0 spiro atoms. The molecular formula is C32H32O2. The fraction of sp³-hybridized carbons (Fsp3) is 0.250. The normalized spacial score (nSPS) is 15.1. The largest absolute Gasteiger partial charge is 0.377 e. The lowest BCUT2D eigenvalue weighted by molar-refractivity contribution is 0.119. The van der Waals surface area contributed by atoms with E-state index in [1.807, 2.05) is 0 Å². The van der Waals surface area contributed by atoms with E-state index in [4.69, 9.17) is 9.47 Å². The van der Waals surface area contributed by atoms with E-state index in [1.54, 1.807) is 0 Å². The first-order chi connectivity index (χ1) is 16.9. The van der Waals surface area contributed by atoms with Crippen molar-refractivity contribution in [3.8, 4) is 22.3 Å². The third-order valence-electron chi connectivity index (χ3n) is 6.63. The second-order valence-electron chi connectivity index (χ2n) is 8.94.